The number of benzene rings is 4. The number of fused-ring (bicyclic) bond motifs is 1. The maximum absolute atomic E-state index is 13.4. The fraction of sp³-hybridized carbons (Fsp3) is 0.0345. The lowest BCUT2D eigenvalue weighted by Gasteiger charge is -2.13. The van der Waals surface area contributed by atoms with E-state index >= 15 is 0 Å². The Morgan fingerprint density at radius 3 is 2.45 bits per heavy atom. The molecule has 0 saturated heterocycles. The maximum Gasteiger partial charge on any atom is 0.282 e. The minimum Gasteiger partial charge on any atom is -0.482 e. The first kappa shape index (κ1) is 25.4. The second-order valence-corrected chi connectivity index (χ2v) is 9.48. The van der Waals surface area contributed by atoms with Gasteiger partial charge >= 0.3 is 0 Å². The first-order valence-corrected chi connectivity index (χ1v) is 12.7. The third-order valence-electron chi connectivity index (χ3n) is 5.54. The highest BCUT2D eigenvalue weighted by Gasteiger charge is 2.15. The Morgan fingerprint density at radius 2 is 1.68 bits per heavy atom. The van der Waals surface area contributed by atoms with Crippen molar-refractivity contribution in [1.29, 1.82) is 0 Å². The van der Waals surface area contributed by atoms with Crippen LogP contribution in [0.2, 0.25) is 5.02 Å². The van der Waals surface area contributed by atoms with Crippen molar-refractivity contribution in [3.05, 3.63) is 122 Å². The van der Waals surface area contributed by atoms with Crippen LogP contribution in [0, 0.1) is 0 Å². The average Bonchev–Trinajstić information content (AvgIpc) is 2.93. The largest absolute Gasteiger partial charge is 0.482 e. The fourth-order valence-electron chi connectivity index (χ4n) is 3.81. The highest BCUT2D eigenvalue weighted by Crippen LogP contribution is 2.32. The van der Waals surface area contributed by atoms with Gasteiger partial charge in [0.05, 0.1) is 21.6 Å². The van der Waals surface area contributed by atoms with Crippen molar-refractivity contribution in [1.82, 2.24) is 9.66 Å². The number of aromatic nitrogens is 2. The summed E-state index contributed by atoms with van der Waals surface area (Å²) in [5.41, 5.74) is 2.11. The molecule has 0 aliphatic rings. The standard InChI is InChI=1S/C29H20BrClN4O3/c30-24-16-21(31)15-20(27(24)38-18-26(36)33-22-11-5-2-6-12-22)17-32-35-28(19-9-3-1-4-10-19)34-25-14-8-7-13-23(25)29(35)37/h1-17H,18H2,(H,33,36). The predicted octanol–water partition coefficient (Wildman–Crippen LogP) is 6.38. The Hall–Kier alpha value is -4.27. The molecule has 0 aliphatic carbocycles. The summed E-state index contributed by atoms with van der Waals surface area (Å²) in [6, 6.07) is 28.8. The number of amides is 1. The van der Waals surface area contributed by atoms with E-state index in [4.69, 9.17) is 21.3 Å². The first-order chi connectivity index (χ1) is 18.5. The number of carbonyl (C=O) groups excluding carboxylic acids is 1. The fourth-order valence-corrected chi connectivity index (χ4v) is 4.76. The number of hydrogen-bond donors (Lipinski definition) is 1. The number of rotatable bonds is 7. The molecule has 0 aliphatic heterocycles. The van der Waals surface area contributed by atoms with Gasteiger partial charge in [-0.2, -0.15) is 9.78 Å². The number of anilines is 1. The highest BCUT2D eigenvalue weighted by atomic mass is 79.9. The zero-order chi connectivity index (χ0) is 26.5. The molecule has 1 amide bonds. The normalized spacial score (nSPS) is 11.1. The van der Waals surface area contributed by atoms with Crippen LogP contribution < -0.4 is 15.6 Å². The van der Waals surface area contributed by atoms with Gasteiger partial charge in [-0.25, -0.2) is 4.98 Å². The molecule has 4 aromatic carbocycles. The Bertz CT molecular complexity index is 1710. The minimum atomic E-state index is -0.331. The molecule has 0 spiro atoms. The van der Waals surface area contributed by atoms with E-state index < -0.39 is 0 Å². The van der Waals surface area contributed by atoms with Gasteiger partial charge < -0.3 is 10.1 Å². The molecule has 0 saturated carbocycles. The van der Waals surface area contributed by atoms with Crippen LogP contribution >= 0.6 is 27.5 Å². The molecular formula is C29H20BrClN4O3. The van der Waals surface area contributed by atoms with Crippen molar-refractivity contribution in [2.24, 2.45) is 5.10 Å². The van der Waals surface area contributed by atoms with Gasteiger partial charge in [0.2, 0.25) is 0 Å². The maximum atomic E-state index is 13.4. The van der Waals surface area contributed by atoms with Gasteiger partial charge in [-0.15, -0.1) is 0 Å². The van der Waals surface area contributed by atoms with E-state index in [1.54, 1.807) is 42.5 Å². The smallest absolute Gasteiger partial charge is 0.282 e. The van der Waals surface area contributed by atoms with Crippen LogP contribution in [-0.4, -0.2) is 28.4 Å². The summed E-state index contributed by atoms with van der Waals surface area (Å²) >= 11 is 9.76. The Labute approximate surface area is 231 Å². The number of halogens is 2. The van der Waals surface area contributed by atoms with E-state index in [1.165, 1.54) is 10.9 Å². The lowest BCUT2D eigenvalue weighted by Crippen LogP contribution is -2.21. The highest BCUT2D eigenvalue weighted by molar-refractivity contribution is 9.10. The van der Waals surface area contributed by atoms with E-state index in [9.17, 15) is 9.59 Å². The Kier molecular flexibility index (Phi) is 7.62. The summed E-state index contributed by atoms with van der Waals surface area (Å²) in [4.78, 5) is 30.6. The van der Waals surface area contributed by atoms with Crippen LogP contribution in [0.1, 0.15) is 5.56 Å². The number of hydrogen-bond acceptors (Lipinski definition) is 5. The average molecular weight is 588 g/mol. The molecule has 5 rings (SSSR count). The summed E-state index contributed by atoms with van der Waals surface area (Å²) < 4.78 is 7.63. The summed E-state index contributed by atoms with van der Waals surface area (Å²) in [7, 11) is 0. The molecule has 38 heavy (non-hydrogen) atoms. The molecule has 0 fully saturated rings. The molecule has 1 heterocycles. The lowest BCUT2D eigenvalue weighted by atomic mass is 10.2. The molecule has 0 unspecified atom stereocenters. The molecule has 7 nitrogen and oxygen atoms in total. The van der Waals surface area contributed by atoms with Crippen LogP contribution in [-0.2, 0) is 4.79 Å². The topological polar surface area (TPSA) is 85.6 Å². The number of nitrogens with zero attached hydrogens (tertiary/aromatic N) is 3. The van der Waals surface area contributed by atoms with Crippen molar-refractivity contribution in [2.45, 2.75) is 0 Å². The Morgan fingerprint density at radius 1 is 1.00 bits per heavy atom. The molecule has 188 valence electrons. The van der Waals surface area contributed by atoms with Crippen LogP contribution in [0.3, 0.4) is 0 Å². The second kappa shape index (κ2) is 11.4. The third kappa shape index (κ3) is 5.66. The minimum absolute atomic E-state index is 0.247. The second-order valence-electron chi connectivity index (χ2n) is 8.19. The molecule has 0 radical (unpaired) electrons. The van der Waals surface area contributed by atoms with Crippen LogP contribution in [0.25, 0.3) is 22.3 Å². The van der Waals surface area contributed by atoms with E-state index in [0.717, 1.165) is 5.56 Å². The van der Waals surface area contributed by atoms with E-state index in [-0.39, 0.29) is 18.1 Å². The molecule has 1 N–H and O–H groups in total. The first-order valence-electron chi connectivity index (χ1n) is 11.6. The van der Waals surface area contributed by atoms with E-state index in [1.807, 2.05) is 54.6 Å². The number of nitrogens with one attached hydrogen (secondary N) is 1. The quantitative estimate of drug-likeness (QED) is 0.224. The molecule has 5 aromatic rings. The SMILES string of the molecule is O=C(COc1c(Br)cc(Cl)cc1C=Nn1c(-c2ccccc2)nc2ccccc2c1=O)Nc1ccccc1. The summed E-state index contributed by atoms with van der Waals surface area (Å²) in [6.45, 7) is -0.247. The summed E-state index contributed by atoms with van der Waals surface area (Å²) in [6.07, 6.45) is 1.46. The number of ether oxygens (including phenoxy) is 1. The van der Waals surface area contributed by atoms with Crippen molar-refractivity contribution in [3.8, 4) is 17.1 Å². The molecule has 0 bridgehead atoms. The van der Waals surface area contributed by atoms with E-state index in [2.05, 4.69) is 26.3 Å². The van der Waals surface area contributed by atoms with E-state index in [0.29, 0.717) is 43.2 Å². The van der Waals surface area contributed by atoms with Gasteiger partial charge in [-0.1, -0.05) is 72.3 Å². The zero-order valence-electron chi connectivity index (χ0n) is 19.8. The summed E-state index contributed by atoms with van der Waals surface area (Å²) in [5, 5.41) is 8.13. The van der Waals surface area contributed by atoms with Gasteiger partial charge in [0.15, 0.2) is 12.4 Å². The van der Waals surface area contributed by atoms with Gasteiger partial charge in [-0.3, -0.25) is 9.59 Å². The molecular weight excluding hydrogens is 568 g/mol. The summed E-state index contributed by atoms with van der Waals surface area (Å²) in [5.74, 6) is 0.406. The van der Waals surface area contributed by atoms with Crippen LogP contribution in [0.4, 0.5) is 5.69 Å². The predicted molar refractivity (Wildman–Crippen MR) is 154 cm³/mol. The monoisotopic (exact) mass is 586 g/mol. The molecule has 9 heteroatoms. The van der Waals surface area contributed by atoms with Gasteiger partial charge in [0.1, 0.15) is 5.75 Å². The lowest BCUT2D eigenvalue weighted by molar-refractivity contribution is -0.118. The number of para-hydroxylation sites is 2. The molecule has 1 aromatic heterocycles. The van der Waals surface area contributed by atoms with Gasteiger partial charge in [0.25, 0.3) is 11.5 Å². The number of carbonyl (C=O) groups is 1. The van der Waals surface area contributed by atoms with Gasteiger partial charge in [-0.05, 0) is 52.3 Å². The molecule has 0 atom stereocenters. The van der Waals surface area contributed by atoms with Crippen molar-refractivity contribution >= 4 is 56.2 Å². The van der Waals surface area contributed by atoms with Crippen LogP contribution in [0.15, 0.2) is 111 Å². The van der Waals surface area contributed by atoms with Crippen molar-refractivity contribution in [3.63, 3.8) is 0 Å². The zero-order valence-corrected chi connectivity index (χ0v) is 22.2. The van der Waals surface area contributed by atoms with Crippen molar-refractivity contribution < 1.29 is 9.53 Å². The third-order valence-corrected chi connectivity index (χ3v) is 6.35. The Balaban J connectivity index is 1.51. The van der Waals surface area contributed by atoms with Crippen LogP contribution in [0.5, 0.6) is 5.75 Å². The van der Waals surface area contributed by atoms with Crippen molar-refractivity contribution in [2.75, 3.05) is 11.9 Å². The van der Waals surface area contributed by atoms with Gasteiger partial charge in [0, 0.05) is 21.8 Å².